The lowest BCUT2D eigenvalue weighted by Crippen LogP contribution is -2.46. The molecule has 1 atom stereocenters. The Morgan fingerprint density at radius 1 is 1.07 bits per heavy atom. The van der Waals surface area contributed by atoms with Gasteiger partial charge in [-0.05, 0) is 23.6 Å². The van der Waals surface area contributed by atoms with Crippen molar-refractivity contribution in [3.63, 3.8) is 0 Å². The molecular weight excluding hydrogens is 368 g/mol. The molecule has 2 heterocycles. The van der Waals surface area contributed by atoms with Gasteiger partial charge in [-0.3, -0.25) is 4.79 Å². The molecule has 2 aromatic carbocycles. The molecule has 0 spiro atoms. The second-order valence-electron chi connectivity index (χ2n) is 7.19. The fraction of sp³-hybridized carbons (Fsp3) is 0.273. The minimum absolute atomic E-state index is 0.0981. The first-order chi connectivity index (χ1) is 14.1. The Balaban J connectivity index is 1.26. The third-order valence-corrected chi connectivity index (χ3v) is 5.25. The number of aliphatic hydroxyl groups is 1. The number of nitrogens with one attached hydrogen (secondary N) is 3. The van der Waals surface area contributed by atoms with Crippen LogP contribution in [0.25, 0.3) is 10.9 Å². The highest BCUT2D eigenvalue weighted by Gasteiger charge is 2.24. The topological polar surface area (TPSA) is 97.5 Å². The Kier molecular flexibility index (Phi) is 5.48. The summed E-state index contributed by atoms with van der Waals surface area (Å²) in [6.07, 6.45) is 0.000711. The molecule has 0 fully saturated rings. The quantitative estimate of drug-likeness (QED) is 0.535. The average molecular weight is 392 g/mol. The Hall–Kier alpha value is -3.32. The minimum Gasteiger partial charge on any atom is -0.387 e. The summed E-state index contributed by atoms with van der Waals surface area (Å²) < 4.78 is 0. The summed E-state index contributed by atoms with van der Waals surface area (Å²) in [5.74, 6) is -0.336. The van der Waals surface area contributed by atoms with E-state index in [0.29, 0.717) is 13.1 Å². The first-order valence-corrected chi connectivity index (χ1v) is 9.73. The van der Waals surface area contributed by atoms with Crippen molar-refractivity contribution in [3.05, 3.63) is 71.4 Å². The van der Waals surface area contributed by atoms with Crippen molar-refractivity contribution >= 4 is 22.8 Å². The average Bonchev–Trinajstić information content (AvgIpc) is 3.14. The van der Waals surface area contributed by atoms with Crippen LogP contribution in [-0.4, -0.2) is 46.6 Å². The summed E-state index contributed by atoms with van der Waals surface area (Å²) >= 11 is 0. The zero-order valence-corrected chi connectivity index (χ0v) is 16.0. The smallest absolute Gasteiger partial charge is 0.318 e. The standard InChI is InChI=1S/C22H24N4O3/c27-20(15-6-2-1-3-7-15)12-23-21(28)13-24-22(29)26-11-10-17-16-8-4-5-9-18(16)25-19(17)14-26/h1-9,20,25,27H,10-14H2,(H,23,28)(H,24,29)/t20-/m0/s1. The number of aromatic nitrogens is 1. The fourth-order valence-electron chi connectivity index (χ4n) is 3.70. The molecule has 7 heteroatoms. The van der Waals surface area contributed by atoms with Gasteiger partial charge in [-0.1, -0.05) is 48.5 Å². The number of hydrogen-bond acceptors (Lipinski definition) is 3. The first-order valence-electron chi connectivity index (χ1n) is 9.73. The third-order valence-electron chi connectivity index (χ3n) is 5.25. The van der Waals surface area contributed by atoms with Crippen LogP contribution >= 0.6 is 0 Å². The Morgan fingerprint density at radius 3 is 2.66 bits per heavy atom. The summed E-state index contributed by atoms with van der Waals surface area (Å²) in [6.45, 7) is 1.07. The monoisotopic (exact) mass is 392 g/mol. The predicted octanol–water partition coefficient (Wildman–Crippen LogP) is 2.09. The SMILES string of the molecule is O=C(CNC(=O)N1CCc2c([nH]c3ccccc23)C1)NC[C@H](O)c1ccccc1. The number of fused-ring (bicyclic) bond motifs is 3. The number of H-pyrrole nitrogens is 1. The number of amides is 3. The first kappa shape index (κ1) is 19.0. The Morgan fingerprint density at radius 2 is 1.83 bits per heavy atom. The second-order valence-corrected chi connectivity index (χ2v) is 7.19. The second kappa shape index (κ2) is 8.36. The number of hydrogen-bond donors (Lipinski definition) is 4. The summed E-state index contributed by atoms with van der Waals surface area (Å²) in [4.78, 5) is 29.6. The Labute approximate surface area is 168 Å². The molecule has 0 unspecified atom stereocenters. The van der Waals surface area contributed by atoms with Gasteiger partial charge in [0.25, 0.3) is 0 Å². The number of aromatic amines is 1. The van der Waals surface area contributed by atoms with Crippen molar-refractivity contribution in [2.45, 2.75) is 19.1 Å². The van der Waals surface area contributed by atoms with Gasteiger partial charge in [-0.2, -0.15) is 0 Å². The summed E-state index contributed by atoms with van der Waals surface area (Å²) in [5, 5.41) is 16.6. The van der Waals surface area contributed by atoms with E-state index < -0.39 is 6.10 Å². The summed E-state index contributed by atoms with van der Waals surface area (Å²) in [5.41, 5.74) is 4.12. The molecule has 0 aliphatic carbocycles. The molecule has 150 valence electrons. The maximum Gasteiger partial charge on any atom is 0.318 e. The number of carbonyl (C=O) groups excluding carboxylic acids is 2. The fourth-order valence-corrected chi connectivity index (χ4v) is 3.70. The van der Waals surface area contributed by atoms with Crippen molar-refractivity contribution in [1.29, 1.82) is 0 Å². The van der Waals surface area contributed by atoms with Crippen LogP contribution in [0, 0.1) is 0 Å². The molecule has 29 heavy (non-hydrogen) atoms. The van der Waals surface area contributed by atoms with E-state index in [0.717, 1.165) is 23.2 Å². The largest absolute Gasteiger partial charge is 0.387 e. The molecule has 1 aromatic heterocycles. The van der Waals surface area contributed by atoms with Crippen LogP contribution in [0.15, 0.2) is 54.6 Å². The molecule has 4 rings (SSSR count). The van der Waals surface area contributed by atoms with Crippen molar-refractivity contribution in [3.8, 4) is 0 Å². The van der Waals surface area contributed by atoms with Gasteiger partial charge >= 0.3 is 6.03 Å². The van der Waals surface area contributed by atoms with Crippen LogP contribution in [0.5, 0.6) is 0 Å². The zero-order valence-electron chi connectivity index (χ0n) is 16.0. The van der Waals surface area contributed by atoms with E-state index in [1.165, 1.54) is 10.9 Å². The van der Waals surface area contributed by atoms with E-state index in [4.69, 9.17) is 0 Å². The minimum atomic E-state index is -0.779. The maximum atomic E-state index is 12.5. The number of carbonyl (C=O) groups is 2. The number of urea groups is 1. The summed E-state index contributed by atoms with van der Waals surface area (Å²) in [7, 11) is 0. The molecule has 1 aliphatic heterocycles. The van der Waals surface area contributed by atoms with Gasteiger partial charge < -0.3 is 25.6 Å². The Bertz CT molecular complexity index is 1020. The van der Waals surface area contributed by atoms with Gasteiger partial charge in [0.2, 0.25) is 5.91 Å². The third kappa shape index (κ3) is 4.25. The van der Waals surface area contributed by atoms with Gasteiger partial charge in [0.05, 0.1) is 19.2 Å². The van der Waals surface area contributed by atoms with Gasteiger partial charge in [-0.25, -0.2) is 4.79 Å². The van der Waals surface area contributed by atoms with Crippen molar-refractivity contribution in [2.24, 2.45) is 0 Å². The number of benzene rings is 2. The molecule has 4 N–H and O–H groups in total. The highest BCUT2D eigenvalue weighted by molar-refractivity contribution is 5.86. The van der Waals surface area contributed by atoms with Gasteiger partial charge in [0, 0.05) is 29.7 Å². The maximum absolute atomic E-state index is 12.5. The van der Waals surface area contributed by atoms with E-state index >= 15 is 0 Å². The lowest BCUT2D eigenvalue weighted by Gasteiger charge is -2.27. The zero-order chi connectivity index (χ0) is 20.2. The van der Waals surface area contributed by atoms with Crippen LogP contribution in [-0.2, 0) is 17.8 Å². The van der Waals surface area contributed by atoms with E-state index in [1.807, 2.05) is 36.4 Å². The van der Waals surface area contributed by atoms with Gasteiger partial charge in [0.15, 0.2) is 0 Å². The molecule has 3 aromatic rings. The molecule has 0 bridgehead atoms. The van der Waals surface area contributed by atoms with Crippen molar-refractivity contribution < 1.29 is 14.7 Å². The number of aliphatic hydroxyl groups excluding tert-OH is 1. The number of para-hydroxylation sites is 1. The van der Waals surface area contributed by atoms with Crippen LogP contribution in [0.2, 0.25) is 0 Å². The van der Waals surface area contributed by atoms with Crippen LogP contribution in [0.3, 0.4) is 0 Å². The molecule has 0 saturated heterocycles. The van der Waals surface area contributed by atoms with Gasteiger partial charge in [-0.15, -0.1) is 0 Å². The van der Waals surface area contributed by atoms with Crippen LogP contribution in [0.4, 0.5) is 4.79 Å². The molecular formula is C22H24N4O3. The molecule has 7 nitrogen and oxygen atoms in total. The number of nitrogens with zero attached hydrogens (tertiary/aromatic N) is 1. The molecule has 0 radical (unpaired) electrons. The lowest BCUT2D eigenvalue weighted by atomic mass is 10.0. The van der Waals surface area contributed by atoms with Crippen molar-refractivity contribution in [2.75, 3.05) is 19.6 Å². The summed E-state index contributed by atoms with van der Waals surface area (Å²) in [6, 6.07) is 17.0. The predicted molar refractivity (Wildman–Crippen MR) is 110 cm³/mol. The highest BCUT2D eigenvalue weighted by Crippen LogP contribution is 2.27. The molecule has 0 saturated carbocycles. The normalized spacial score (nSPS) is 14.3. The van der Waals surface area contributed by atoms with Crippen LogP contribution in [0.1, 0.15) is 22.9 Å². The van der Waals surface area contributed by atoms with E-state index in [9.17, 15) is 14.7 Å². The van der Waals surface area contributed by atoms with Crippen LogP contribution < -0.4 is 10.6 Å². The molecule has 1 aliphatic rings. The van der Waals surface area contributed by atoms with E-state index in [1.54, 1.807) is 17.0 Å². The molecule has 3 amide bonds. The van der Waals surface area contributed by atoms with E-state index in [2.05, 4.69) is 21.7 Å². The highest BCUT2D eigenvalue weighted by atomic mass is 16.3. The van der Waals surface area contributed by atoms with E-state index in [-0.39, 0.29) is 25.0 Å². The number of rotatable bonds is 5. The van der Waals surface area contributed by atoms with Crippen molar-refractivity contribution in [1.82, 2.24) is 20.5 Å². The van der Waals surface area contributed by atoms with Gasteiger partial charge in [0.1, 0.15) is 0 Å². The lowest BCUT2D eigenvalue weighted by molar-refractivity contribution is -0.120.